The number of aromatic amines is 1. The minimum absolute atomic E-state index is 0.0318. The summed E-state index contributed by atoms with van der Waals surface area (Å²) in [6, 6.07) is 12.6. The van der Waals surface area contributed by atoms with Crippen molar-refractivity contribution in [1.29, 1.82) is 0 Å². The van der Waals surface area contributed by atoms with Gasteiger partial charge in [0.25, 0.3) is 5.56 Å². The summed E-state index contributed by atoms with van der Waals surface area (Å²) >= 11 is 6.65. The first-order valence-electron chi connectivity index (χ1n) is 10.2. The van der Waals surface area contributed by atoms with Crippen molar-refractivity contribution >= 4 is 46.0 Å². The van der Waals surface area contributed by atoms with Crippen LogP contribution >= 0.6 is 23.4 Å². The van der Waals surface area contributed by atoms with E-state index in [2.05, 4.69) is 15.3 Å². The van der Waals surface area contributed by atoms with Crippen LogP contribution in [0, 0.1) is 0 Å². The summed E-state index contributed by atoms with van der Waals surface area (Å²) < 4.78 is 40.6. The molecule has 0 radical (unpaired) electrons. The molecule has 4 aromatic rings. The fourth-order valence-electron chi connectivity index (χ4n) is 3.45. The second kappa shape index (κ2) is 9.55. The maximum Gasteiger partial charge on any atom is 0.417 e. The number of carbonyl (C=O) groups is 1. The SMILES string of the molecule is CCn1c(SCC(=O)Nc2ccc(Cl)c(C(F)(F)F)c2)nc2c(-c3ccccc3)c[nH]c2c1=O. The van der Waals surface area contributed by atoms with Crippen molar-refractivity contribution < 1.29 is 18.0 Å². The second-order valence-corrected chi connectivity index (χ2v) is 8.61. The van der Waals surface area contributed by atoms with Crippen molar-refractivity contribution in [3.8, 4) is 11.1 Å². The van der Waals surface area contributed by atoms with Crippen molar-refractivity contribution in [2.75, 3.05) is 11.1 Å². The third-order valence-electron chi connectivity index (χ3n) is 5.04. The number of hydrogen-bond acceptors (Lipinski definition) is 4. The number of amides is 1. The zero-order valence-electron chi connectivity index (χ0n) is 17.7. The van der Waals surface area contributed by atoms with Gasteiger partial charge in [-0.25, -0.2) is 4.98 Å². The number of nitrogens with zero attached hydrogens (tertiary/aromatic N) is 2. The molecular formula is C23H18ClF3N4O2S. The Hall–Kier alpha value is -3.24. The van der Waals surface area contributed by atoms with Crippen LogP contribution in [0.25, 0.3) is 22.2 Å². The van der Waals surface area contributed by atoms with E-state index in [1.165, 1.54) is 10.6 Å². The van der Waals surface area contributed by atoms with Crippen molar-refractivity contribution in [3.05, 3.63) is 75.7 Å². The van der Waals surface area contributed by atoms with Gasteiger partial charge >= 0.3 is 6.18 Å². The lowest BCUT2D eigenvalue weighted by Gasteiger charge is -2.12. The molecule has 0 aliphatic carbocycles. The number of nitrogens with one attached hydrogen (secondary N) is 2. The summed E-state index contributed by atoms with van der Waals surface area (Å²) in [6.07, 6.45) is -2.93. The Labute approximate surface area is 201 Å². The number of rotatable bonds is 6. The average molecular weight is 507 g/mol. The predicted octanol–water partition coefficient (Wildman–Crippen LogP) is 5.81. The number of thioether (sulfide) groups is 1. The molecule has 0 saturated carbocycles. The summed E-state index contributed by atoms with van der Waals surface area (Å²) in [5.41, 5.74) is 1.13. The van der Waals surface area contributed by atoms with Gasteiger partial charge in [0, 0.05) is 24.0 Å². The summed E-state index contributed by atoms with van der Waals surface area (Å²) in [6.45, 7) is 2.12. The molecule has 0 spiro atoms. The number of anilines is 1. The highest BCUT2D eigenvalue weighted by Crippen LogP contribution is 2.36. The first kappa shape index (κ1) is 23.9. The number of alkyl halides is 3. The molecule has 176 valence electrons. The highest BCUT2D eigenvalue weighted by Gasteiger charge is 2.33. The number of H-pyrrole nitrogens is 1. The van der Waals surface area contributed by atoms with E-state index in [0.29, 0.717) is 22.7 Å². The van der Waals surface area contributed by atoms with Crippen molar-refractivity contribution in [2.45, 2.75) is 24.8 Å². The average Bonchev–Trinajstić information content (AvgIpc) is 3.23. The first-order valence-corrected chi connectivity index (χ1v) is 11.5. The monoisotopic (exact) mass is 506 g/mol. The largest absolute Gasteiger partial charge is 0.417 e. The van der Waals surface area contributed by atoms with Crippen LogP contribution in [0.5, 0.6) is 0 Å². The maximum atomic E-state index is 13.1. The summed E-state index contributed by atoms with van der Waals surface area (Å²) in [5, 5.41) is 2.31. The van der Waals surface area contributed by atoms with Crippen LogP contribution in [0.4, 0.5) is 18.9 Å². The normalized spacial score (nSPS) is 11.7. The summed E-state index contributed by atoms with van der Waals surface area (Å²) in [4.78, 5) is 33.1. The molecule has 0 aliphatic rings. The maximum absolute atomic E-state index is 13.1. The molecular weight excluding hydrogens is 489 g/mol. The Morgan fingerprint density at radius 1 is 1.21 bits per heavy atom. The van der Waals surface area contributed by atoms with Gasteiger partial charge in [-0.1, -0.05) is 53.7 Å². The van der Waals surface area contributed by atoms with Gasteiger partial charge in [-0.2, -0.15) is 13.2 Å². The van der Waals surface area contributed by atoms with E-state index in [0.717, 1.165) is 35.0 Å². The van der Waals surface area contributed by atoms with Crippen molar-refractivity contribution in [3.63, 3.8) is 0 Å². The van der Waals surface area contributed by atoms with Crippen LogP contribution in [-0.2, 0) is 17.5 Å². The van der Waals surface area contributed by atoms with Crippen LogP contribution in [0.15, 0.2) is 64.7 Å². The van der Waals surface area contributed by atoms with Gasteiger partial charge in [0.1, 0.15) is 11.0 Å². The Balaban J connectivity index is 1.59. The predicted molar refractivity (Wildman–Crippen MR) is 127 cm³/mol. The van der Waals surface area contributed by atoms with E-state index in [1.807, 2.05) is 30.3 Å². The van der Waals surface area contributed by atoms with Crippen LogP contribution < -0.4 is 10.9 Å². The Bertz CT molecular complexity index is 1420. The lowest BCUT2D eigenvalue weighted by Crippen LogP contribution is -2.23. The fourth-order valence-corrected chi connectivity index (χ4v) is 4.53. The number of fused-ring (bicyclic) bond motifs is 1. The van der Waals surface area contributed by atoms with Crippen LogP contribution in [0.2, 0.25) is 5.02 Å². The van der Waals surface area contributed by atoms with Gasteiger partial charge in [0.2, 0.25) is 5.91 Å². The standard InChI is InChI=1S/C23H18ClF3N4O2S/c1-2-31-21(33)20-19(15(11-28-20)13-6-4-3-5-7-13)30-22(31)34-12-18(32)29-14-8-9-17(24)16(10-14)23(25,26)27/h3-11,28H,2,12H2,1H3,(H,29,32). The van der Waals surface area contributed by atoms with Crippen LogP contribution in [-0.4, -0.2) is 26.2 Å². The van der Waals surface area contributed by atoms with Gasteiger partial charge in [-0.15, -0.1) is 0 Å². The molecule has 2 heterocycles. The Kier molecular flexibility index (Phi) is 6.72. The van der Waals surface area contributed by atoms with E-state index in [1.54, 1.807) is 13.1 Å². The lowest BCUT2D eigenvalue weighted by molar-refractivity contribution is -0.137. The molecule has 4 rings (SSSR count). The second-order valence-electron chi connectivity index (χ2n) is 7.27. The smallest absolute Gasteiger partial charge is 0.355 e. The molecule has 0 fully saturated rings. The lowest BCUT2D eigenvalue weighted by atomic mass is 10.1. The van der Waals surface area contributed by atoms with Crippen molar-refractivity contribution in [2.24, 2.45) is 0 Å². The van der Waals surface area contributed by atoms with Gasteiger partial charge < -0.3 is 10.3 Å². The molecule has 2 N–H and O–H groups in total. The molecule has 6 nitrogen and oxygen atoms in total. The zero-order valence-corrected chi connectivity index (χ0v) is 19.3. The topological polar surface area (TPSA) is 79.8 Å². The van der Waals surface area contributed by atoms with Gasteiger partial charge in [0.05, 0.1) is 16.3 Å². The molecule has 0 bridgehead atoms. The van der Waals surface area contributed by atoms with E-state index >= 15 is 0 Å². The molecule has 2 aromatic heterocycles. The van der Waals surface area contributed by atoms with E-state index in [9.17, 15) is 22.8 Å². The summed E-state index contributed by atoms with van der Waals surface area (Å²) in [7, 11) is 0. The third kappa shape index (κ3) is 4.83. The third-order valence-corrected chi connectivity index (χ3v) is 6.35. The number of hydrogen-bond donors (Lipinski definition) is 2. The summed E-state index contributed by atoms with van der Waals surface area (Å²) in [5.74, 6) is -0.706. The number of benzene rings is 2. The van der Waals surface area contributed by atoms with E-state index in [-0.39, 0.29) is 17.0 Å². The molecule has 34 heavy (non-hydrogen) atoms. The van der Waals surface area contributed by atoms with Crippen LogP contribution in [0.3, 0.4) is 0 Å². The minimum Gasteiger partial charge on any atom is -0.355 e. The van der Waals surface area contributed by atoms with E-state index < -0.39 is 22.7 Å². The van der Waals surface area contributed by atoms with Crippen molar-refractivity contribution in [1.82, 2.24) is 14.5 Å². The molecule has 0 saturated heterocycles. The van der Waals surface area contributed by atoms with Crippen LogP contribution in [0.1, 0.15) is 12.5 Å². The van der Waals surface area contributed by atoms with Gasteiger partial charge in [0.15, 0.2) is 5.16 Å². The Morgan fingerprint density at radius 3 is 2.62 bits per heavy atom. The van der Waals surface area contributed by atoms with E-state index in [4.69, 9.17) is 11.6 Å². The first-order chi connectivity index (χ1) is 16.2. The molecule has 0 atom stereocenters. The highest BCUT2D eigenvalue weighted by molar-refractivity contribution is 7.99. The molecule has 11 heteroatoms. The molecule has 2 aromatic carbocycles. The van der Waals surface area contributed by atoms with Gasteiger partial charge in [-0.05, 0) is 30.7 Å². The number of carbonyl (C=O) groups excluding carboxylic acids is 1. The highest BCUT2D eigenvalue weighted by atomic mass is 35.5. The number of aromatic nitrogens is 3. The molecule has 1 amide bonds. The Morgan fingerprint density at radius 2 is 1.94 bits per heavy atom. The molecule has 0 unspecified atom stereocenters. The minimum atomic E-state index is -4.64. The molecule has 0 aliphatic heterocycles. The fraction of sp³-hybridized carbons (Fsp3) is 0.174. The zero-order chi connectivity index (χ0) is 24.5. The quantitative estimate of drug-likeness (QED) is 0.255. The number of halogens is 4. The van der Waals surface area contributed by atoms with Gasteiger partial charge in [-0.3, -0.25) is 14.2 Å².